The van der Waals surface area contributed by atoms with Gasteiger partial charge < -0.3 is 4.74 Å². The van der Waals surface area contributed by atoms with Gasteiger partial charge in [0, 0.05) is 0 Å². The fraction of sp³-hybridized carbons (Fsp3) is 0.909. The minimum Gasteiger partial charge on any atom is -0.458 e. The van der Waals surface area contributed by atoms with Crippen LogP contribution < -0.4 is 0 Å². The minimum atomic E-state index is -4.58. The number of rotatable bonds is 3. The number of alkyl halides is 4. The van der Waals surface area contributed by atoms with Gasteiger partial charge in [0.1, 0.15) is 5.60 Å². The van der Waals surface area contributed by atoms with E-state index in [1.807, 2.05) is 0 Å². The van der Waals surface area contributed by atoms with Crippen LogP contribution in [0.1, 0.15) is 46.0 Å². The molecule has 0 amide bonds. The van der Waals surface area contributed by atoms with E-state index < -0.39 is 21.2 Å². The van der Waals surface area contributed by atoms with Crippen LogP contribution in [-0.4, -0.2) is 21.2 Å². The lowest BCUT2D eigenvalue weighted by atomic mass is 10.0. The highest BCUT2D eigenvalue weighted by Crippen LogP contribution is 2.44. The molecule has 1 aliphatic rings. The molecular weight excluding hydrogens is 348 g/mol. The van der Waals surface area contributed by atoms with E-state index in [-0.39, 0.29) is 6.42 Å². The van der Waals surface area contributed by atoms with Gasteiger partial charge in [-0.3, -0.25) is 4.79 Å². The lowest BCUT2D eigenvalue weighted by molar-refractivity contribution is -0.193. The summed E-state index contributed by atoms with van der Waals surface area (Å²) in [4.78, 5) is 11.8. The van der Waals surface area contributed by atoms with Crippen molar-refractivity contribution >= 4 is 28.6 Å². The first-order valence-electron chi connectivity index (χ1n) is 5.64. The summed E-state index contributed by atoms with van der Waals surface area (Å²) in [5.41, 5.74) is -0.714. The first-order valence-corrected chi connectivity index (χ1v) is 6.71. The number of carbonyl (C=O) groups is 1. The van der Waals surface area contributed by atoms with Gasteiger partial charge >= 0.3 is 12.1 Å². The zero-order valence-corrected chi connectivity index (χ0v) is 12.0. The summed E-state index contributed by atoms with van der Waals surface area (Å²) in [7, 11) is 0. The molecule has 1 saturated carbocycles. The average molecular weight is 364 g/mol. The third kappa shape index (κ3) is 3.06. The Morgan fingerprint density at radius 3 is 2.18 bits per heavy atom. The summed E-state index contributed by atoms with van der Waals surface area (Å²) in [6, 6.07) is 0. The number of carbonyl (C=O) groups excluding carboxylic acids is 1. The standard InChI is InChI=1S/C11H16F3IO2/c1-3-10(15,11(12,13)14)8(16)17-9(2)6-4-5-7-9/h3-7H2,1-2H3. The highest BCUT2D eigenvalue weighted by Gasteiger charge is 2.59. The molecule has 0 aromatic heterocycles. The van der Waals surface area contributed by atoms with Crippen molar-refractivity contribution in [1.82, 2.24) is 0 Å². The number of hydrogen-bond donors (Lipinski definition) is 0. The molecule has 0 spiro atoms. The smallest absolute Gasteiger partial charge is 0.413 e. The van der Waals surface area contributed by atoms with Crippen LogP contribution in [0, 0.1) is 0 Å². The number of halogens is 4. The first-order chi connectivity index (χ1) is 7.65. The molecule has 1 rings (SSSR count). The molecule has 0 aromatic carbocycles. The Morgan fingerprint density at radius 1 is 1.35 bits per heavy atom. The van der Waals surface area contributed by atoms with Gasteiger partial charge in [0.2, 0.25) is 3.42 Å². The van der Waals surface area contributed by atoms with Crippen molar-refractivity contribution < 1.29 is 22.7 Å². The van der Waals surface area contributed by atoms with Crippen molar-refractivity contribution in [3.05, 3.63) is 0 Å². The maximum atomic E-state index is 12.8. The Labute approximate surface area is 112 Å². The third-order valence-corrected chi connectivity index (χ3v) is 5.08. The van der Waals surface area contributed by atoms with Crippen molar-refractivity contribution in [3.63, 3.8) is 0 Å². The van der Waals surface area contributed by atoms with Gasteiger partial charge in [0.25, 0.3) is 0 Å². The quantitative estimate of drug-likeness (QED) is 0.430. The summed E-state index contributed by atoms with van der Waals surface area (Å²) in [5, 5.41) is 0. The Morgan fingerprint density at radius 2 is 1.82 bits per heavy atom. The summed E-state index contributed by atoms with van der Waals surface area (Å²) in [6.45, 7) is 3.05. The van der Waals surface area contributed by atoms with E-state index in [0.29, 0.717) is 12.8 Å². The van der Waals surface area contributed by atoms with Crippen molar-refractivity contribution in [2.24, 2.45) is 0 Å². The molecule has 1 unspecified atom stereocenters. The predicted molar refractivity (Wildman–Crippen MR) is 66.1 cm³/mol. The molecule has 6 heteroatoms. The fourth-order valence-corrected chi connectivity index (χ4v) is 2.10. The molecule has 0 aromatic rings. The second-order valence-electron chi connectivity index (χ2n) is 4.70. The Bertz CT molecular complexity index is 298. The monoisotopic (exact) mass is 364 g/mol. The van der Waals surface area contributed by atoms with Gasteiger partial charge in [-0.15, -0.1) is 0 Å². The number of esters is 1. The lowest BCUT2D eigenvalue weighted by Crippen LogP contribution is -2.49. The van der Waals surface area contributed by atoms with Crippen LogP contribution in [0.3, 0.4) is 0 Å². The molecular formula is C11H16F3IO2. The highest BCUT2D eigenvalue weighted by molar-refractivity contribution is 14.1. The minimum absolute atomic E-state index is 0.314. The van der Waals surface area contributed by atoms with Crippen LogP contribution in [0.5, 0.6) is 0 Å². The van der Waals surface area contributed by atoms with Gasteiger partial charge in [-0.25, -0.2) is 0 Å². The van der Waals surface area contributed by atoms with Gasteiger partial charge in [-0.05, 0) is 39.0 Å². The number of hydrogen-bond acceptors (Lipinski definition) is 2. The average Bonchev–Trinajstić information content (AvgIpc) is 2.61. The summed E-state index contributed by atoms with van der Waals surface area (Å²) in [5.74, 6) is -1.16. The molecule has 1 aliphatic carbocycles. The van der Waals surface area contributed by atoms with E-state index in [1.165, 1.54) is 29.5 Å². The molecule has 0 heterocycles. The van der Waals surface area contributed by atoms with Gasteiger partial charge in [0.15, 0.2) is 0 Å². The largest absolute Gasteiger partial charge is 0.458 e. The topological polar surface area (TPSA) is 26.3 Å². The van der Waals surface area contributed by atoms with Crippen LogP contribution in [0.4, 0.5) is 13.2 Å². The SMILES string of the molecule is CCC(I)(C(=O)OC1(C)CCCC1)C(F)(F)F. The highest BCUT2D eigenvalue weighted by atomic mass is 127. The van der Waals surface area contributed by atoms with E-state index in [9.17, 15) is 18.0 Å². The predicted octanol–water partition coefficient (Wildman–Crippen LogP) is 4.01. The van der Waals surface area contributed by atoms with Crippen LogP contribution in [0.2, 0.25) is 0 Å². The maximum absolute atomic E-state index is 12.8. The molecule has 17 heavy (non-hydrogen) atoms. The van der Waals surface area contributed by atoms with Crippen molar-refractivity contribution in [3.8, 4) is 0 Å². The molecule has 2 nitrogen and oxygen atoms in total. The zero-order chi connectivity index (χ0) is 13.3. The second kappa shape index (κ2) is 4.93. The zero-order valence-electron chi connectivity index (χ0n) is 9.86. The van der Waals surface area contributed by atoms with Crippen LogP contribution in [0.15, 0.2) is 0 Å². The Balaban J connectivity index is 2.81. The van der Waals surface area contributed by atoms with Gasteiger partial charge in [0.05, 0.1) is 0 Å². The molecule has 0 bridgehead atoms. The van der Waals surface area contributed by atoms with E-state index in [4.69, 9.17) is 4.74 Å². The summed E-state index contributed by atoms with van der Waals surface area (Å²) >= 11 is 1.17. The van der Waals surface area contributed by atoms with Gasteiger partial charge in [-0.1, -0.05) is 29.5 Å². The lowest BCUT2D eigenvalue weighted by Gasteiger charge is -2.32. The number of ether oxygens (including phenoxy) is 1. The van der Waals surface area contributed by atoms with Crippen molar-refractivity contribution in [1.29, 1.82) is 0 Å². The van der Waals surface area contributed by atoms with Crippen LogP contribution in [-0.2, 0) is 9.53 Å². The van der Waals surface area contributed by atoms with Crippen LogP contribution in [0.25, 0.3) is 0 Å². The summed E-state index contributed by atoms with van der Waals surface area (Å²) in [6.07, 6.45) is -1.80. The summed E-state index contributed by atoms with van der Waals surface area (Å²) < 4.78 is 41.2. The first kappa shape index (κ1) is 15.0. The van der Waals surface area contributed by atoms with Crippen molar-refractivity contribution in [2.45, 2.75) is 61.2 Å². The van der Waals surface area contributed by atoms with E-state index in [0.717, 1.165) is 12.8 Å². The molecule has 0 aliphatic heterocycles. The Kier molecular flexibility index (Phi) is 4.37. The van der Waals surface area contributed by atoms with E-state index in [2.05, 4.69) is 0 Å². The fourth-order valence-electron chi connectivity index (χ4n) is 1.99. The molecule has 0 N–H and O–H groups in total. The van der Waals surface area contributed by atoms with E-state index in [1.54, 1.807) is 6.92 Å². The third-order valence-electron chi connectivity index (χ3n) is 3.26. The van der Waals surface area contributed by atoms with Crippen molar-refractivity contribution in [2.75, 3.05) is 0 Å². The molecule has 1 fully saturated rings. The second-order valence-corrected chi connectivity index (χ2v) is 6.54. The maximum Gasteiger partial charge on any atom is 0.413 e. The normalized spacial score (nSPS) is 23.2. The molecule has 0 saturated heterocycles. The van der Waals surface area contributed by atoms with Crippen LogP contribution >= 0.6 is 22.6 Å². The Hall–Kier alpha value is -0.0100. The van der Waals surface area contributed by atoms with E-state index >= 15 is 0 Å². The van der Waals surface area contributed by atoms with Gasteiger partial charge in [-0.2, -0.15) is 13.2 Å². The molecule has 1 atom stereocenters. The molecule has 0 radical (unpaired) electrons. The molecule has 100 valence electrons.